The normalized spacial score (nSPS) is 18.9. The number of benzene rings is 1. The highest BCUT2D eigenvalue weighted by molar-refractivity contribution is 6.02. The van der Waals surface area contributed by atoms with Crippen LogP contribution in [-0.4, -0.2) is 36.5 Å². The summed E-state index contributed by atoms with van der Waals surface area (Å²) in [5, 5.41) is 2.84. The Balaban J connectivity index is 1.51. The largest absolute Gasteiger partial charge is 0.482 e. The average molecular weight is 324 g/mol. The Morgan fingerprint density at radius 2 is 2.08 bits per heavy atom. The third-order valence-corrected chi connectivity index (χ3v) is 4.73. The molecule has 3 heterocycles. The third-order valence-electron chi connectivity index (χ3n) is 4.73. The van der Waals surface area contributed by atoms with Gasteiger partial charge in [0.2, 0.25) is 0 Å². The van der Waals surface area contributed by atoms with Crippen molar-refractivity contribution in [2.75, 3.05) is 25.5 Å². The molecule has 0 saturated carbocycles. The Morgan fingerprint density at radius 1 is 1.25 bits per heavy atom. The van der Waals surface area contributed by atoms with Crippen molar-refractivity contribution in [2.24, 2.45) is 0 Å². The van der Waals surface area contributed by atoms with Crippen LogP contribution in [0.4, 0.5) is 5.69 Å². The molecule has 5 heteroatoms. The molecule has 4 rings (SSSR count). The van der Waals surface area contributed by atoms with Gasteiger partial charge in [0.15, 0.2) is 5.76 Å². The molecule has 1 aromatic heterocycles. The molecule has 1 saturated heterocycles. The quantitative estimate of drug-likeness (QED) is 0.920. The maximum atomic E-state index is 12.1. The van der Waals surface area contributed by atoms with E-state index in [4.69, 9.17) is 9.15 Å². The van der Waals surface area contributed by atoms with Gasteiger partial charge >= 0.3 is 0 Å². The fraction of sp³-hybridized carbons (Fsp3) is 0.316. The molecule has 0 aliphatic carbocycles. The lowest BCUT2D eigenvalue weighted by molar-refractivity contribution is 0.0473. The summed E-state index contributed by atoms with van der Waals surface area (Å²) in [7, 11) is 2.14. The van der Waals surface area contributed by atoms with Gasteiger partial charge < -0.3 is 19.4 Å². The van der Waals surface area contributed by atoms with Gasteiger partial charge in [0.1, 0.15) is 11.4 Å². The number of hydrogen-bond donors (Lipinski definition) is 1. The van der Waals surface area contributed by atoms with Crippen LogP contribution >= 0.6 is 0 Å². The van der Waals surface area contributed by atoms with E-state index in [0.29, 0.717) is 5.76 Å². The summed E-state index contributed by atoms with van der Waals surface area (Å²) in [6, 6.07) is 9.05. The number of hydrogen-bond acceptors (Lipinski definition) is 4. The third kappa shape index (κ3) is 2.83. The zero-order valence-corrected chi connectivity index (χ0v) is 13.6. The zero-order chi connectivity index (χ0) is 16.6. The van der Waals surface area contributed by atoms with Crippen molar-refractivity contribution in [3.05, 3.63) is 54.0 Å². The van der Waals surface area contributed by atoms with Crippen molar-refractivity contribution in [1.82, 2.24) is 4.90 Å². The molecule has 0 radical (unpaired) electrons. The van der Waals surface area contributed by atoms with Crippen LogP contribution in [0.15, 0.2) is 47.1 Å². The number of anilines is 1. The Bertz CT molecular complexity index is 772. The van der Waals surface area contributed by atoms with Gasteiger partial charge in [-0.15, -0.1) is 0 Å². The molecule has 1 N–H and O–H groups in total. The molecule has 124 valence electrons. The van der Waals surface area contributed by atoms with Crippen molar-refractivity contribution in [3.8, 4) is 5.75 Å². The van der Waals surface area contributed by atoms with Gasteiger partial charge in [-0.3, -0.25) is 4.79 Å². The van der Waals surface area contributed by atoms with Crippen molar-refractivity contribution in [1.29, 1.82) is 0 Å². The smallest absolute Gasteiger partial charge is 0.291 e. The molecule has 24 heavy (non-hydrogen) atoms. The first kappa shape index (κ1) is 15.0. The van der Waals surface area contributed by atoms with Crippen LogP contribution in [0.2, 0.25) is 0 Å². The lowest BCUT2D eigenvalue weighted by atomic mass is 9.88. The summed E-state index contributed by atoms with van der Waals surface area (Å²) in [5.74, 6) is 0.912. The summed E-state index contributed by atoms with van der Waals surface area (Å²) >= 11 is 0. The highest BCUT2D eigenvalue weighted by Crippen LogP contribution is 2.37. The predicted molar refractivity (Wildman–Crippen MR) is 92.2 cm³/mol. The molecular weight excluding hydrogens is 304 g/mol. The number of nitrogens with one attached hydrogen (secondary N) is 1. The average Bonchev–Trinajstić information content (AvgIpc) is 3.13. The van der Waals surface area contributed by atoms with Gasteiger partial charge in [-0.25, -0.2) is 0 Å². The first-order chi connectivity index (χ1) is 11.6. The Kier molecular flexibility index (Phi) is 3.65. The van der Waals surface area contributed by atoms with E-state index in [0.717, 1.165) is 42.9 Å². The summed E-state index contributed by atoms with van der Waals surface area (Å²) in [6.45, 7) is 2.08. The highest BCUT2D eigenvalue weighted by atomic mass is 16.5. The van der Waals surface area contributed by atoms with Crippen LogP contribution < -0.4 is 10.1 Å². The van der Waals surface area contributed by atoms with Gasteiger partial charge in [-0.05, 0) is 43.5 Å². The minimum atomic E-state index is -0.257. The number of furan rings is 1. The van der Waals surface area contributed by atoms with Crippen LogP contribution in [0, 0.1) is 0 Å². The SMILES string of the molecule is CN1CCC2(C=Cc3cc(NC(=O)c4ccco4)ccc3O2)CC1. The number of rotatable bonds is 2. The molecular formula is C19H20N2O3. The maximum Gasteiger partial charge on any atom is 0.291 e. The molecule has 1 spiro atoms. The van der Waals surface area contributed by atoms with E-state index in [1.807, 2.05) is 18.2 Å². The number of carbonyl (C=O) groups excluding carboxylic acids is 1. The van der Waals surface area contributed by atoms with Gasteiger partial charge in [0, 0.05) is 37.2 Å². The van der Waals surface area contributed by atoms with Gasteiger partial charge in [-0.1, -0.05) is 6.08 Å². The summed E-state index contributed by atoms with van der Waals surface area (Å²) in [6.07, 6.45) is 7.75. The fourth-order valence-electron chi connectivity index (χ4n) is 3.21. The zero-order valence-electron chi connectivity index (χ0n) is 13.6. The van der Waals surface area contributed by atoms with Crippen LogP contribution in [0.1, 0.15) is 29.0 Å². The maximum absolute atomic E-state index is 12.1. The molecule has 5 nitrogen and oxygen atoms in total. The second-order valence-electron chi connectivity index (χ2n) is 6.49. The van der Waals surface area contributed by atoms with E-state index < -0.39 is 0 Å². The van der Waals surface area contributed by atoms with Crippen LogP contribution in [-0.2, 0) is 0 Å². The molecule has 1 fully saturated rings. The lowest BCUT2D eigenvalue weighted by Crippen LogP contribution is -2.46. The van der Waals surface area contributed by atoms with E-state index in [1.165, 1.54) is 6.26 Å². The topological polar surface area (TPSA) is 54.7 Å². The molecule has 2 aliphatic rings. The molecule has 1 amide bonds. The Morgan fingerprint density at radius 3 is 2.83 bits per heavy atom. The van der Waals surface area contributed by atoms with E-state index in [2.05, 4.69) is 29.4 Å². The van der Waals surface area contributed by atoms with E-state index in [-0.39, 0.29) is 11.5 Å². The predicted octanol–water partition coefficient (Wildman–Crippen LogP) is 3.40. The number of ether oxygens (including phenoxy) is 1. The Labute approximate surface area is 140 Å². The number of piperidine rings is 1. The monoisotopic (exact) mass is 324 g/mol. The number of carbonyl (C=O) groups is 1. The van der Waals surface area contributed by atoms with Crippen molar-refractivity contribution >= 4 is 17.7 Å². The first-order valence-corrected chi connectivity index (χ1v) is 8.19. The number of fused-ring (bicyclic) bond motifs is 1. The highest BCUT2D eigenvalue weighted by Gasteiger charge is 2.35. The molecule has 1 aromatic carbocycles. The number of likely N-dealkylation sites (tertiary alicyclic amines) is 1. The van der Waals surface area contributed by atoms with Gasteiger partial charge in [0.25, 0.3) is 5.91 Å². The molecule has 0 atom stereocenters. The minimum Gasteiger partial charge on any atom is -0.482 e. The second-order valence-corrected chi connectivity index (χ2v) is 6.49. The summed E-state index contributed by atoms with van der Waals surface area (Å²) in [5.41, 5.74) is 1.53. The van der Waals surface area contributed by atoms with E-state index in [1.54, 1.807) is 12.1 Å². The first-order valence-electron chi connectivity index (χ1n) is 8.19. The standard InChI is InChI=1S/C19H20N2O3/c1-21-10-8-19(9-11-21)7-6-14-13-15(4-5-16(14)24-19)20-18(22)17-3-2-12-23-17/h2-7,12-13H,8-11H2,1H3,(H,20,22). The lowest BCUT2D eigenvalue weighted by Gasteiger charge is -2.40. The van der Waals surface area contributed by atoms with Gasteiger partial charge in [-0.2, -0.15) is 0 Å². The second kappa shape index (κ2) is 5.83. The summed E-state index contributed by atoms with van der Waals surface area (Å²) < 4.78 is 11.4. The summed E-state index contributed by atoms with van der Waals surface area (Å²) in [4.78, 5) is 14.4. The van der Waals surface area contributed by atoms with Crippen LogP contribution in [0.3, 0.4) is 0 Å². The number of amides is 1. The Hall–Kier alpha value is -2.53. The van der Waals surface area contributed by atoms with Crippen molar-refractivity contribution < 1.29 is 13.9 Å². The van der Waals surface area contributed by atoms with E-state index >= 15 is 0 Å². The molecule has 2 aliphatic heterocycles. The van der Waals surface area contributed by atoms with E-state index in [9.17, 15) is 4.79 Å². The van der Waals surface area contributed by atoms with Crippen molar-refractivity contribution in [3.63, 3.8) is 0 Å². The molecule has 0 bridgehead atoms. The van der Waals surface area contributed by atoms with Crippen LogP contribution in [0.5, 0.6) is 5.75 Å². The van der Waals surface area contributed by atoms with Gasteiger partial charge in [0.05, 0.1) is 6.26 Å². The van der Waals surface area contributed by atoms with Crippen molar-refractivity contribution in [2.45, 2.75) is 18.4 Å². The number of nitrogens with zero attached hydrogens (tertiary/aromatic N) is 1. The minimum absolute atomic E-state index is 0.182. The fourth-order valence-corrected chi connectivity index (χ4v) is 3.21. The van der Waals surface area contributed by atoms with Crippen LogP contribution in [0.25, 0.3) is 6.08 Å². The molecule has 2 aromatic rings. The molecule has 0 unspecified atom stereocenters.